The lowest BCUT2D eigenvalue weighted by atomic mass is 9.99. The van der Waals surface area contributed by atoms with Crippen LogP contribution in [0.4, 0.5) is 0 Å². The van der Waals surface area contributed by atoms with Crippen molar-refractivity contribution in [3.8, 4) is 0 Å². The average molecular weight is 1390 g/mol. The van der Waals surface area contributed by atoms with E-state index in [1.165, 1.54) is 161 Å². The van der Waals surface area contributed by atoms with E-state index in [0.29, 0.717) is 25.7 Å². The highest BCUT2D eigenvalue weighted by atomic mass is 31.2. The van der Waals surface area contributed by atoms with E-state index in [1.54, 1.807) is 0 Å². The number of phosphoric acid groups is 2. The number of hydrogen-bond donors (Lipinski definition) is 3. The number of unbranched alkanes of at least 4 members (excludes halogenated alkanes) is 36. The predicted molar refractivity (Wildman–Crippen MR) is 386 cm³/mol. The third-order valence-corrected chi connectivity index (χ3v) is 19.3. The highest BCUT2D eigenvalue weighted by Crippen LogP contribution is 2.45. The second kappa shape index (κ2) is 66.1. The van der Waals surface area contributed by atoms with E-state index >= 15 is 0 Å². The van der Waals surface area contributed by atoms with Crippen molar-refractivity contribution in [1.82, 2.24) is 0 Å². The number of aliphatic hydroxyl groups excluding tert-OH is 1. The molecule has 6 atom stereocenters. The summed E-state index contributed by atoms with van der Waals surface area (Å²) in [7, 11) is -9.93. The van der Waals surface area contributed by atoms with E-state index in [1.807, 2.05) is 0 Å². The molecule has 0 heterocycles. The summed E-state index contributed by atoms with van der Waals surface area (Å²) in [6.45, 7) is 11.8. The van der Waals surface area contributed by atoms with Gasteiger partial charge in [0.05, 0.1) is 26.4 Å². The normalized spacial score (nSPS) is 14.5. The molecule has 0 aromatic heterocycles. The second-order valence-electron chi connectivity index (χ2n) is 27.9. The van der Waals surface area contributed by atoms with Gasteiger partial charge in [-0.25, -0.2) is 9.13 Å². The van der Waals surface area contributed by atoms with Crippen LogP contribution in [0.2, 0.25) is 0 Å². The van der Waals surface area contributed by atoms with Gasteiger partial charge in [0, 0.05) is 25.7 Å². The van der Waals surface area contributed by atoms with Gasteiger partial charge >= 0.3 is 39.5 Å². The topological polar surface area (TPSA) is 237 Å². The van der Waals surface area contributed by atoms with Gasteiger partial charge < -0.3 is 33.8 Å². The van der Waals surface area contributed by atoms with E-state index < -0.39 is 97.5 Å². The first-order chi connectivity index (χ1) is 45.8. The lowest BCUT2D eigenvalue weighted by Crippen LogP contribution is -2.30. The molecule has 0 fully saturated rings. The first-order valence-electron chi connectivity index (χ1n) is 38.7. The minimum absolute atomic E-state index is 0.0846. The quantitative estimate of drug-likeness (QED) is 0.0169. The third-order valence-electron chi connectivity index (χ3n) is 17.4. The molecule has 0 rings (SSSR count). The molecule has 0 spiro atoms. The van der Waals surface area contributed by atoms with Crippen molar-refractivity contribution < 1.29 is 80.2 Å². The maximum absolute atomic E-state index is 13.1. The number of rotatable bonds is 72. The molecule has 3 N–H and O–H groups in total. The summed E-state index contributed by atoms with van der Waals surface area (Å²) in [4.78, 5) is 72.8. The molecule has 0 aliphatic carbocycles. The second-order valence-corrected chi connectivity index (χ2v) is 30.8. The van der Waals surface area contributed by atoms with Crippen LogP contribution in [0.15, 0.2) is 24.3 Å². The van der Waals surface area contributed by atoms with E-state index in [4.69, 9.17) is 37.0 Å². The summed E-state index contributed by atoms with van der Waals surface area (Å²) in [5.41, 5.74) is 0. The molecule has 560 valence electrons. The largest absolute Gasteiger partial charge is 0.472 e. The molecule has 95 heavy (non-hydrogen) atoms. The summed E-state index contributed by atoms with van der Waals surface area (Å²) in [5, 5.41) is 10.6. The SMILES string of the molecule is CCCCCC/C=C\C=C/CCCCCCCC(=O)O[C@H](COC(=O)CCCCCCCCCCCCCC(C)C)COP(=O)(O)OC[C@@H](O)COP(=O)(O)OC[C@@H](COC(=O)CCCCCCCCCCCC(C)C)OC(=O)CCCCCCCCCCCCC(C)CC. The van der Waals surface area contributed by atoms with Crippen molar-refractivity contribution in [3.63, 3.8) is 0 Å². The highest BCUT2D eigenvalue weighted by Gasteiger charge is 2.30. The molecule has 3 unspecified atom stereocenters. The van der Waals surface area contributed by atoms with Crippen molar-refractivity contribution >= 4 is 39.5 Å². The fourth-order valence-electron chi connectivity index (χ4n) is 11.0. The Balaban J connectivity index is 5.31. The van der Waals surface area contributed by atoms with Crippen LogP contribution < -0.4 is 0 Å². The minimum atomic E-state index is -4.97. The highest BCUT2D eigenvalue weighted by molar-refractivity contribution is 7.47. The molecule has 0 saturated carbocycles. The van der Waals surface area contributed by atoms with Crippen molar-refractivity contribution in [2.45, 2.75) is 381 Å². The summed E-state index contributed by atoms with van der Waals surface area (Å²) in [5.74, 6) is 0.164. The Morgan fingerprint density at radius 1 is 0.347 bits per heavy atom. The van der Waals surface area contributed by atoms with E-state index in [9.17, 15) is 43.2 Å². The zero-order chi connectivity index (χ0) is 70.1. The molecule has 0 aliphatic heterocycles. The molecular formula is C76H144O17P2. The minimum Gasteiger partial charge on any atom is -0.462 e. The Morgan fingerprint density at radius 2 is 0.621 bits per heavy atom. The van der Waals surface area contributed by atoms with Gasteiger partial charge in [-0.3, -0.25) is 37.3 Å². The Morgan fingerprint density at radius 3 is 0.937 bits per heavy atom. The number of esters is 4. The van der Waals surface area contributed by atoms with Gasteiger partial charge in [0.15, 0.2) is 12.2 Å². The predicted octanol–water partition coefficient (Wildman–Crippen LogP) is 21.7. The van der Waals surface area contributed by atoms with Gasteiger partial charge in [0.1, 0.15) is 19.3 Å². The Kier molecular flexibility index (Phi) is 64.4. The maximum Gasteiger partial charge on any atom is 0.472 e. The summed E-state index contributed by atoms with van der Waals surface area (Å²) < 4.78 is 68.5. The standard InChI is InChI=1S/C76H144O17P2/c1-8-10-11-12-13-14-15-16-17-18-21-30-38-45-52-59-75(80)92-71(63-86-73(78)57-50-43-36-29-22-19-20-26-33-40-47-54-67(3)4)65-90-94(82,83)88-61-70(77)62-89-95(84,85)91-66-72(64-87-74(79)58-51-44-37-32-25-27-34-41-48-55-68(5)6)93-76(81)60-53-46-39-31-24-23-28-35-42-49-56-69(7)9-2/h14-17,67-72,77H,8-13,18-66H2,1-7H3,(H,82,83)(H,84,85)/b15-14-,17-16-/t69?,70-,71-,72-/m1/s1. The van der Waals surface area contributed by atoms with Crippen LogP contribution in [0, 0.1) is 17.8 Å². The fourth-order valence-corrected chi connectivity index (χ4v) is 12.6. The third kappa shape index (κ3) is 68.5. The smallest absolute Gasteiger partial charge is 0.462 e. The number of phosphoric ester groups is 2. The Bertz CT molecular complexity index is 1950. The number of hydrogen-bond acceptors (Lipinski definition) is 15. The molecule has 0 aromatic carbocycles. The van der Waals surface area contributed by atoms with Gasteiger partial charge in [-0.2, -0.15) is 0 Å². The molecule has 17 nitrogen and oxygen atoms in total. The van der Waals surface area contributed by atoms with E-state index in [-0.39, 0.29) is 25.7 Å². The number of carbonyl (C=O) groups excluding carboxylic acids is 4. The molecule has 19 heteroatoms. The fraction of sp³-hybridized carbons (Fsp3) is 0.895. The van der Waals surface area contributed by atoms with Gasteiger partial charge in [0.25, 0.3) is 0 Å². The molecule has 0 saturated heterocycles. The lowest BCUT2D eigenvalue weighted by Gasteiger charge is -2.21. The van der Waals surface area contributed by atoms with Crippen LogP contribution in [0.3, 0.4) is 0 Å². The van der Waals surface area contributed by atoms with Crippen molar-refractivity contribution in [2.75, 3.05) is 39.6 Å². The summed E-state index contributed by atoms with van der Waals surface area (Å²) in [6, 6.07) is 0. The lowest BCUT2D eigenvalue weighted by molar-refractivity contribution is -0.161. The summed E-state index contributed by atoms with van der Waals surface area (Å²) >= 11 is 0. The van der Waals surface area contributed by atoms with Crippen LogP contribution in [-0.2, 0) is 65.4 Å². The molecular weight excluding hydrogens is 1250 g/mol. The molecule has 0 amide bonds. The van der Waals surface area contributed by atoms with Gasteiger partial charge in [-0.15, -0.1) is 0 Å². The van der Waals surface area contributed by atoms with Gasteiger partial charge in [0.2, 0.25) is 0 Å². The molecule has 0 radical (unpaired) electrons. The van der Waals surface area contributed by atoms with Crippen LogP contribution in [0.5, 0.6) is 0 Å². The number of ether oxygens (including phenoxy) is 4. The first-order valence-corrected chi connectivity index (χ1v) is 41.7. The van der Waals surface area contributed by atoms with Crippen LogP contribution in [-0.4, -0.2) is 96.7 Å². The maximum atomic E-state index is 13.1. The zero-order valence-electron chi connectivity index (χ0n) is 61.6. The first kappa shape index (κ1) is 92.5. The van der Waals surface area contributed by atoms with E-state index in [0.717, 1.165) is 120 Å². The summed E-state index contributed by atoms with van der Waals surface area (Å²) in [6.07, 6.45) is 54.8. The van der Waals surface area contributed by atoms with Crippen molar-refractivity contribution in [1.29, 1.82) is 0 Å². The van der Waals surface area contributed by atoms with Crippen LogP contribution in [0.1, 0.15) is 363 Å². The monoisotopic (exact) mass is 1390 g/mol. The Hall–Kier alpha value is -2.46. The van der Waals surface area contributed by atoms with Crippen molar-refractivity contribution in [2.24, 2.45) is 17.8 Å². The molecule has 0 aromatic rings. The van der Waals surface area contributed by atoms with E-state index in [2.05, 4.69) is 72.8 Å². The molecule has 0 aliphatic rings. The number of allylic oxidation sites excluding steroid dienone is 4. The van der Waals surface area contributed by atoms with Gasteiger partial charge in [-0.05, 0) is 69.1 Å². The van der Waals surface area contributed by atoms with Gasteiger partial charge in [-0.1, -0.05) is 310 Å². The van der Waals surface area contributed by atoms with Crippen molar-refractivity contribution in [3.05, 3.63) is 24.3 Å². The number of aliphatic hydroxyl groups is 1. The average Bonchev–Trinajstić information content (AvgIpc) is 3.55. The zero-order valence-corrected chi connectivity index (χ0v) is 63.4. The number of carbonyl (C=O) groups is 4. The Labute approximate surface area is 580 Å². The van der Waals surface area contributed by atoms with Crippen LogP contribution >= 0.6 is 15.6 Å². The molecule has 0 bridgehead atoms. The van der Waals surface area contributed by atoms with Crippen LogP contribution in [0.25, 0.3) is 0 Å².